The Morgan fingerprint density at radius 2 is 1.77 bits per heavy atom. The fourth-order valence-electron chi connectivity index (χ4n) is 6.13. The van der Waals surface area contributed by atoms with Crippen molar-refractivity contribution in [1.82, 2.24) is 10.2 Å². The highest BCUT2D eigenvalue weighted by atomic mass is 16.3. The summed E-state index contributed by atoms with van der Waals surface area (Å²) < 4.78 is 0. The summed E-state index contributed by atoms with van der Waals surface area (Å²) in [5.41, 5.74) is 5.44. The number of nitrogens with zero attached hydrogens (tertiary/aromatic N) is 1. The van der Waals surface area contributed by atoms with Gasteiger partial charge in [-0.2, -0.15) is 0 Å². The van der Waals surface area contributed by atoms with E-state index in [1.165, 1.54) is 12.1 Å². The Morgan fingerprint density at radius 1 is 1.07 bits per heavy atom. The van der Waals surface area contributed by atoms with Gasteiger partial charge in [0.15, 0.2) is 5.60 Å². The average molecular weight is 546 g/mol. The molecule has 0 heterocycles. The molecule has 40 heavy (non-hydrogen) atoms. The molecule has 6 N–H and O–H groups in total. The molecule has 1 fully saturated rings. The topological polar surface area (TPSA) is 170 Å². The number of nitrogens with two attached hydrogens (primary N) is 1. The Labute approximate surface area is 230 Å². The lowest BCUT2D eigenvalue weighted by atomic mass is 9.59. The number of nitrogens with one attached hydrogen (secondary N) is 1. The lowest BCUT2D eigenvalue weighted by Crippen LogP contribution is -2.60. The number of phenolic OH excluding ortho intramolecular Hbond substituents is 1. The first-order valence-electron chi connectivity index (χ1n) is 13.0. The number of fused-ring (bicyclic) bond motifs is 3. The van der Waals surface area contributed by atoms with E-state index >= 15 is 0 Å². The summed E-state index contributed by atoms with van der Waals surface area (Å²) >= 11 is 0. The zero-order chi connectivity index (χ0) is 28.9. The third-order valence-corrected chi connectivity index (χ3v) is 8.07. The number of primary amides is 1. The van der Waals surface area contributed by atoms with Crippen LogP contribution in [-0.2, 0) is 32.1 Å². The lowest BCUT2D eigenvalue weighted by molar-refractivity contribution is -0.157. The lowest BCUT2D eigenvalue weighted by Gasteiger charge is -2.45. The van der Waals surface area contributed by atoms with Crippen LogP contribution in [0.2, 0.25) is 0 Å². The number of hydrogen-bond donors (Lipinski definition) is 5. The van der Waals surface area contributed by atoms with Gasteiger partial charge in [0.2, 0.25) is 17.5 Å². The molecule has 0 radical (unpaired) electrons. The number of rotatable bonds is 6. The molecule has 3 atom stereocenters. The van der Waals surface area contributed by atoms with Gasteiger partial charge in [-0.25, -0.2) is 0 Å². The van der Waals surface area contributed by atoms with Crippen molar-refractivity contribution in [2.75, 3.05) is 20.6 Å². The van der Waals surface area contributed by atoms with Crippen LogP contribution in [0.25, 0.3) is 16.9 Å². The molecule has 3 aliphatic carbocycles. The minimum absolute atomic E-state index is 0.0769. The second-order valence-corrected chi connectivity index (χ2v) is 10.9. The largest absolute Gasteiger partial charge is 0.507 e. The number of Topliss-reactive ketones (excluding diaryl/α,β-unsaturated/α-hetero) is 2. The van der Waals surface area contributed by atoms with E-state index in [-0.39, 0.29) is 42.2 Å². The van der Waals surface area contributed by atoms with Crippen LogP contribution >= 0.6 is 0 Å². The number of carbonyl (C=O) groups excluding carboxylic acids is 4. The zero-order valence-electron chi connectivity index (χ0n) is 22.2. The first-order valence-corrected chi connectivity index (χ1v) is 13.0. The third-order valence-electron chi connectivity index (χ3n) is 8.07. The van der Waals surface area contributed by atoms with Gasteiger partial charge < -0.3 is 31.3 Å². The Kier molecular flexibility index (Phi) is 6.85. The molecule has 0 saturated heterocycles. The molecule has 2 aromatic carbocycles. The fourth-order valence-corrected chi connectivity index (χ4v) is 6.13. The highest BCUT2D eigenvalue weighted by Gasteiger charge is 2.60. The molecule has 0 spiro atoms. The molecule has 2 aromatic rings. The van der Waals surface area contributed by atoms with Gasteiger partial charge in [0.05, 0.1) is 17.7 Å². The molecule has 10 heteroatoms. The summed E-state index contributed by atoms with van der Waals surface area (Å²) in [5, 5.41) is 36.2. The number of allylic oxidation sites excluding steroid dienone is 1. The predicted octanol–water partition coefficient (Wildman–Crippen LogP) is 1.38. The summed E-state index contributed by atoms with van der Waals surface area (Å²) in [6, 6.07) is 10.7. The van der Waals surface area contributed by atoms with Gasteiger partial charge in [-0.05, 0) is 67.6 Å². The maximum Gasteiger partial charge on any atom is 0.252 e. The summed E-state index contributed by atoms with van der Waals surface area (Å²) in [6.45, 7) is 0.655. The highest BCUT2D eigenvalue weighted by molar-refractivity contribution is 6.32. The van der Waals surface area contributed by atoms with E-state index in [9.17, 15) is 34.5 Å². The summed E-state index contributed by atoms with van der Waals surface area (Å²) in [6.07, 6.45) is 1.99. The first kappa shape index (κ1) is 27.3. The average Bonchev–Trinajstić information content (AvgIpc) is 2.89. The smallest absolute Gasteiger partial charge is 0.252 e. The summed E-state index contributed by atoms with van der Waals surface area (Å²) in [7, 11) is 3.63. The molecule has 1 saturated carbocycles. The van der Waals surface area contributed by atoms with Crippen LogP contribution in [0.3, 0.4) is 0 Å². The van der Waals surface area contributed by atoms with Gasteiger partial charge in [-0.15, -0.1) is 0 Å². The molecule has 3 aliphatic rings. The number of aliphatic hydroxyl groups is 2. The maximum absolute atomic E-state index is 13.6. The molecular weight excluding hydrogens is 514 g/mol. The second-order valence-electron chi connectivity index (χ2n) is 10.9. The van der Waals surface area contributed by atoms with E-state index in [0.717, 1.165) is 16.7 Å². The van der Waals surface area contributed by atoms with Crippen molar-refractivity contribution < 1.29 is 34.5 Å². The van der Waals surface area contributed by atoms with Crippen molar-refractivity contribution in [3.8, 4) is 16.9 Å². The number of benzene rings is 2. The predicted molar refractivity (Wildman–Crippen MR) is 146 cm³/mol. The van der Waals surface area contributed by atoms with Crippen LogP contribution < -0.4 is 11.1 Å². The van der Waals surface area contributed by atoms with E-state index in [0.29, 0.717) is 18.5 Å². The van der Waals surface area contributed by atoms with Gasteiger partial charge in [0, 0.05) is 18.0 Å². The molecule has 2 amide bonds. The van der Waals surface area contributed by atoms with Crippen molar-refractivity contribution in [3.63, 3.8) is 0 Å². The van der Waals surface area contributed by atoms with Crippen LogP contribution in [0.15, 0.2) is 53.6 Å². The zero-order valence-corrected chi connectivity index (χ0v) is 22.2. The van der Waals surface area contributed by atoms with Gasteiger partial charge in [0.25, 0.3) is 5.91 Å². The normalized spacial score (nSPS) is 23.8. The van der Waals surface area contributed by atoms with E-state index < -0.39 is 46.2 Å². The Hall–Kier alpha value is -4.28. The second kappa shape index (κ2) is 10.0. The van der Waals surface area contributed by atoms with Gasteiger partial charge in [-0.3, -0.25) is 19.2 Å². The Bertz CT molecular complexity index is 1510. The van der Waals surface area contributed by atoms with Crippen LogP contribution in [0.1, 0.15) is 29.5 Å². The molecular formula is C30H31N3O7. The van der Waals surface area contributed by atoms with Gasteiger partial charge in [-0.1, -0.05) is 36.4 Å². The summed E-state index contributed by atoms with van der Waals surface area (Å²) in [5.74, 6) is -5.13. The van der Waals surface area contributed by atoms with E-state index in [1.54, 1.807) is 11.0 Å². The minimum atomic E-state index is -2.50. The van der Waals surface area contributed by atoms with Crippen molar-refractivity contribution in [2.45, 2.75) is 31.4 Å². The SMILES string of the molecule is CN(C)CC(=O)NCc1ccc(-c2ccc(O)c3c2C[C@H]2C[C@H]4CC=C(C(N)=O)C(=O)[C@@]4(O)C(=O)C2=C3O)cc1. The molecule has 0 aliphatic heterocycles. The fraction of sp³-hybridized carbons (Fsp3) is 0.333. The van der Waals surface area contributed by atoms with Crippen LogP contribution in [0.4, 0.5) is 0 Å². The monoisotopic (exact) mass is 545 g/mol. The van der Waals surface area contributed by atoms with Gasteiger partial charge in [0.1, 0.15) is 11.5 Å². The standard InChI is InChI=1S/C30H31N3O7/c1-33(2)14-23(35)32-13-15-3-5-16(6-4-15)19-9-10-22(34)25-21(19)12-17-11-18-7-8-20(29(31)39)27(37)30(18,40)28(38)24(17)26(25)36/h3-6,8-10,17-18,34,36,40H,7,11-14H2,1-2H3,(H2,31,39)(H,32,35)/t17-,18-,30-/m1/s1. The van der Waals surface area contributed by atoms with Crippen LogP contribution in [0, 0.1) is 11.8 Å². The molecule has 0 unspecified atom stereocenters. The molecule has 0 bridgehead atoms. The summed E-state index contributed by atoms with van der Waals surface area (Å²) in [4.78, 5) is 52.1. The number of aromatic hydroxyl groups is 1. The number of phenols is 1. The molecule has 5 rings (SSSR count). The first-order chi connectivity index (χ1) is 18.9. The van der Waals surface area contributed by atoms with Crippen molar-refractivity contribution in [1.29, 1.82) is 0 Å². The minimum Gasteiger partial charge on any atom is -0.507 e. The van der Waals surface area contributed by atoms with E-state index in [4.69, 9.17) is 5.73 Å². The molecule has 10 nitrogen and oxygen atoms in total. The van der Waals surface area contributed by atoms with Crippen LogP contribution in [-0.4, -0.2) is 69.8 Å². The highest BCUT2D eigenvalue weighted by Crippen LogP contribution is 2.51. The Morgan fingerprint density at radius 3 is 2.42 bits per heavy atom. The third kappa shape index (κ3) is 4.39. The van der Waals surface area contributed by atoms with E-state index in [1.807, 2.05) is 38.4 Å². The number of carbonyl (C=O) groups is 4. The van der Waals surface area contributed by atoms with Crippen molar-refractivity contribution in [3.05, 3.63) is 70.3 Å². The van der Waals surface area contributed by atoms with Crippen LogP contribution in [0.5, 0.6) is 5.75 Å². The number of ketones is 2. The number of likely N-dealkylation sites (N-methyl/N-ethyl adjacent to an activating group) is 1. The van der Waals surface area contributed by atoms with Crippen molar-refractivity contribution in [2.24, 2.45) is 17.6 Å². The van der Waals surface area contributed by atoms with Crippen molar-refractivity contribution >= 4 is 29.1 Å². The Balaban J connectivity index is 1.49. The van der Waals surface area contributed by atoms with Gasteiger partial charge >= 0.3 is 0 Å². The molecule has 0 aromatic heterocycles. The molecule has 208 valence electrons. The number of aliphatic hydroxyl groups excluding tert-OH is 1. The number of hydrogen-bond acceptors (Lipinski definition) is 8. The number of amides is 2. The van der Waals surface area contributed by atoms with E-state index in [2.05, 4.69) is 5.32 Å². The maximum atomic E-state index is 13.6. The quantitative estimate of drug-likeness (QED) is 0.268.